The van der Waals surface area contributed by atoms with E-state index in [4.69, 9.17) is 4.74 Å². The van der Waals surface area contributed by atoms with E-state index in [1.807, 2.05) is 0 Å². The van der Waals surface area contributed by atoms with Gasteiger partial charge in [0.2, 0.25) is 5.91 Å². The van der Waals surface area contributed by atoms with Crippen LogP contribution in [0.1, 0.15) is 5.56 Å². The van der Waals surface area contributed by atoms with Crippen LogP contribution in [-0.2, 0) is 22.6 Å². The lowest BCUT2D eigenvalue weighted by Crippen LogP contribution is -2.44. The van der Waals surface area contributed by atoms with E-state index in [9.17, 15) is 14.4 Å². The fraction of sp³-hybridized carbons (Fsp3) is 0.278. The molecule has 0 unspecified atom stereocenters. The third-order valence-electron chi connectivity index (χ3n) is 4.01. The first-order valence-corrected chi connectivity index (χ1v) is 8.34. The van der Waals surface area contributed by atoms with Crippen molar-refractivity contribution in [2.24, 2.45) is 0 Å². The fourth-order valence-corrected chi connectivity index (χ4v) is 2.71. The van der Waals surface area contributed by atoms with Gasteiger partial charge in [-0.1, -0.05) is 0 Å². The Labute approximate surface area is 154 Å². The van der Waals surface area contributed by atoms with Crippen molar-refractivity contribution in [2.75, 3.05) is 20.3 Å². The monoisotopic (exact) mass is 369 g/mol. The maximum Gasteiger partial charge on any atom is 0.318 e. The maximum absolute atomic E-state index is 12.7. The highest BCUT2D eigenvalue weighted by atomic mass is 16.5. The Balaban J connectivity index is 2.03. The average Bonchev–Trinajstić information content (AvgIpc) is 2.69. The second kappa shape index (κ2) is 8.37. The molecule has 1 N–H and O–H groups in total. The van der Waals surface area contributed by atoms with Crippen LogP contribution in [0.5, 0.6) is 0 Å². The number of ether oxygens (including phenoxy) is 1. The summed E-state index contributed by atoms with van der Waals surface area (Å²) in [5, 5.41) is 2.64. The number of carbonyl (C=O) groups excluding carboxylic acids is 1. The lowest BCUT2D eigenvalue weighted by Gasteiger charge is -2.14. The van der Waals surface area contributed by atoms with Gasteiger partial charge < -0.3 is 10.1 Å². The molecule has 0 atom stereocenters. The molecular weight excluding hydrogens is 350 g/mol. The van der Waals surface area contributed by atoms with Gasteiger partial charge in [-0.3, -0.25) is 28.5 Å². The quantitative estimate of drug-likeness (QED) is 0.455. The van der Waals surface area contributed by atoms with E-state index >= 15 is 0 Å². The highest BCUT2D eigenvalue weighted by molar-refractivity contribution is 5.78. The van der Waals surface area contributed by atoms with Gasteiger partial charge in [0.25, 0.3) is 0 Å². The maximum atomic E-state index is 12.7. The number of carbonyl (C=O) groups is 1. The number of fused-ring (bicyclic) bond motifs is 1. The average molecular weight is 369 g/mol. The molecule has 0 fully saturated rings. The first kappa shape index (κ1) is 18.5. The lowest BCUT2D eigenvalue weighted by atomic mass is 10.2. The van der Waals surface area contributed by atoms with Gasteiger partial charge in [0, 0.05) is 32.2 Å². The summed E-state index contributed by atoms with van der Waals surface area (Å²) in [4.78, 5) is 45.6. The standard InChI is InChI=1S/C18H19N5O4/c1-27-10-9-20-15(24)12-22-14-3-2-6-21-16(14)23(18(26)17(22)25)11-13-4-7-19-8-5-13/h2-8H,9-12H2,1H3,(H,20,24). The summed E-state index contributed by atoms with van der Waals surface area (Å²) >= 11 is 0. The molecule has 0 aromatic carbocycles. The minimum Gasteiger partial charge on any atom is -0.383 e. The summed E-state index contributed by atoms with van der Waals surface area (Å²) in [6.07, 6.45) is 4.77. The molecule has 0 saturated carbocycles. The number of hydrogen-bond acceptors (Lipinski definition) is 6. The van der Waals surface area contributed by atoms with Crippen LogP contribution in [0.4, 0.5) is 0 Å². The van der Waals surface area contributed by atoms with Gasteiger partial charge in [-0.05, 0) is 29.8 Å². The van der Waals surface area contributed by atoms with Crippen molar-refractivity contribution < 1.29 is 9.53 Å². The predicted octanol–water partition coefficient (Wildman–Crippen LogP) is -0.236. The van der Waals surface area contributed by atoms with E-state index < -0.39 is 11.1 Å². The summed E-state index contributed by atoms with van der Waals surface area (Å²) in [6.45, 7) is 0.594. The van der Waals surface area contributed by atoms with Gasteiger partial charge in [0.1, 0.15) is 6.54 Å². The Hall–Kier alpha value is -3.33. The topological polar surface area (TPSA) is 108 Å². The number of amides is 1. The molecule has 0 aliphatic rings. The number of rotatable bonds is 7. The predicted molar refractivity (Wildman–Crippen MR) is 98.5 cm³/mol. The zero-order chi connectivity index (χ0) is 19.2. The van der Waals surface area contributed by atoms with Gasteiger partial charge in [-0.15, -0.1) is 0 Å². The van der Waals surface area contributed by atoms with E-state index in [-0.39, 0.29) is 19.0 Å². The van der Waals surface area contributed by atoms with Crippen molar-refractivity contribution in [1.82, 2.24) is 24.4 Å². The molecule has 27 heavy (non-hydrogen) atoms. The molecular formula is C18H19N5O4. The Morgan fingerprint density at radius 2 is 1.85 bits per heavy atom. The van der Waals surface area contributed by atoms with Gasteiger partial charge in [-0.2, -0.15) is 0 Å². The summed E-state index contributed by atoms with van der Waals surface area (Å²) in [5.74, 6) is -0.384. The van der Waals surface area contributed by atoms with Gasteiger partial charge in [-0.25, -0.2) is 4.98 Å². The van der Waals surface area contributed by atoms with Crippen LogP contribution in [0.25, 0.3) is 11.2 Å². The third-order valence-corrected chi connectivity index (χ3v) is 4.01. The molecule has 1 amide bonds. The van der Waals surface area contributed by atoms with Crippen LogP contribution in [0.15, 0.2) is 52.4 Å². The van der Waals surface area contributed by atoms with E-state index in [0.717, 1.165) is 10.1 Å². The SMILES string of the molecule is COCCNC(=O)Cn1c(=O)c(=O)n(Cc2ccncc2)c2ncccc21. The molecule has 9 heteroatoms. The molecule has 3 aromatic heterocycles. The molecule has 3 heterocycles. The second-order valence-corrected chi connectivity index (χ2v) is 5.83. The third kappa shape index (κ3) is 4.09. The summed E-state index contributed by atoms with van der Waals surface area (Å²) < 4.78 is 7.34. The van der Waals surface area contributed by atoms with Crippen molar-refractivity contribution >= 4 is 17.1 Å². The Morgan fingerprint density at radius 1 is 1.11 bits per heavy atom. The Bertz CT molecular complexity index is 1060. The lowest BCUT2D eigenvalue weighted by molar-refractivity contribution is -0.121. The minimum atomic E-state index is -0.772. The molecule has 0 bridgehead atoms. The molecule has 0 saturated heterocycles. The summed E-state index contributed by atoms with van der Waals surface area (Å²) in [5.41, 5.74) is 0.0596. The molecule has 3 rings (SSSR count). The number of hydrogen-bond donors (Lipinski definition) is 1. The molecule has 9 nitrogen and oxygen atoms in total. The largest absolute Gasteiger partial charge is 0.383 e. The molecule has 0 aliphatic carbocycles. The van der Waals surface area contributed by atoms with Crippen LogP contribution in [0, 0.1) is 0 Å². The molecule has 0 spiro atoms. The van der Waals surface area contributed by atoms with Gasteiger partial charge in [0.15, 0.2) is 5.65 Å². The zero-order valence-corrected chi connectivity index (χ0v) is 14.8. The number of nitrogens with one attached hydrogen (secondary N) is 1. The number of methoxy groups -OCH3 is 1. The van der Waals surface area contributed by atoms with Gasteiger partial charge >= 0.3 is 11.1 Å². The van der Waals surface area contributed by atoms with E-state index in [1.54, 1.807) is 36.7 Å². The molecule has 0 radical (unpaired) electrons. The van der Waals surface area contributed by atoms with Crippen LogP contribution in [0.3, 0.4) is 0 Å². The van der Waals surface area contributed by atoms with Crippen LogP contribution >= 0.6 is 0 Å². The Kier molecular flexibility index (Phi) is 5.72. The highest BCUT2D eigenvalue weighted by Crippen LogP contribution is 2.09. The zero-order valence-electron chi connectivity index (χ0n) is 14.8. The van der Waals surface area contributed by atoms with E-state index in [0.29, 0.717) is 24.3 Å². The first-order valence-electron chi connectivity index (χ1n) is 8.34. The van der Waals surface area contributed by atoms with Crippen molar-refractivity contribution in [3.63, 3.8) is 0 Å². The number of pyridine rings is 2. The molecule has 3 aromatic rings. The molecule has 140 valence electrons. The number of aromatic nitrogens is 4. The molecule has 0 aliphatic heterocycles. The van der Waals surface area contributed by atoms with E-state index in [2.05, 4.69) is 15.3 Å². The van der Waals surface area contributed by atoms with Crippen molar-refractivity contribution in [3.05, 3.63) is 69.1 Å². The summed E-state index contributed by atoms with van der Waals surface area (Å²) in [6, 6.07) is 6.84. The fourth-order valence-electron chi connectivity index (χ4n) is 2.71. The van der Waals surface area contributed by atoms with Crippen LogP contribution < -0.4 is 16.4 Å². The van der Waals surface area contributed by atoms with Crippen LogP contribution in [-0.4, -0.2) is 45.3 Å². The second-order valence-electron chi connectivity index (χ2n) is 5.83. The Morgan fingerprint density at radius 3 is 2.59 bits per heavy atom. The van der Waals surface area contributed by atoms with Crippen molar-refractivity contribution in [3.8, 4) is 0 Å². The summed E-state index contributed by atoms with van der Waals surface area (Å²) in [7, 11) is 1.53. The highest BCUT2D eigenvalue weighted by Gasteiger charge is 2.16. The number of nitrogens with zero attached hydrogens (tertiary/aromatic N) is 4. The van der Waals surface area contributed by atoms with Crippen molar-refractivity contribution in [1.29, 1.82) is 0 Å². The normalized spacial score (nSPS) is 10.9. The minimum absolute atomic E-state index is 0.185. The van der Waals surface area contributed by atoms with Crippen molar-refractivity contribution in [2.45, 2.75) is 13.1 Å². The van der Waals surface area contributed by atoms with Crippen LogP contribution in [0.2, 0.25) is 0 Å². The smallest absolute Gasteiger partial charge is 0.318 e. The van der Waals surface area contributed by atoms with E-state index in [1.165, 1.54) is 17.9 Å². The van der Waals surface area contributed by atoms with Gasteiger partial charge in [0.05, 0.1) is 18.7 Å². The first-order chi connectivity index (χ1) is 13.1.